The molecular formula is C11H16ClNO. The Morgan fingerprint density at radius 1 is 1.50 bits per heavy atom. The third-order valence-corrected chi connectivity index (χ3v) is 2.52. The average molecular weight is 214 g/mol. The van der Waals surface area contributed by atoms with E-state index in [0.29, 0.717) is 11.6 Å². The summed E-state index contributed by atoms with van der Waals surface area (Å²) in [5, 5.41) is 13.2. The SMILES string of the molecule is CC[C@@H](O)CNc1c(C)cccc1Cl. The standard InChI is InChI=1S/C11H16ClNO/c1-3-9(14)7-13-11-8(2)5-4-6-10(11)12/h4-6,9,13-14H,3,7H2,1-2H3/t9-/m1/s1. The topological polar surface area (TPSA) is 32.3 Å². The first-order valence-electron chi connectivity index (χ1n) is 4.82. The zero-order chi connectivity index (χ0) is 10.6. The van der Waals surface area contributed by atoms with E-state index in [4.69, 9.17) is 11.6 Å². The van der Waals surface area contributed by atoms with Crippen molar-refractivity contribution in [2.45, 2.75) is 26.4 Å². The Kier molecular flexibility index (Phi) is 4.23. The smallest absolute Gasteiger partial charge is 0.0709 e. The van der Waals surface area contributed by atoms with Gasteiger partial charge in [0.2, 0.25) is 0 Å². The van der Waals surface area contributed by atoms with Gasteiger partial charge in [-0.15, -0.1) is 0 Å². The van der Waals surface area contributed by atoms with E-state index in [1.807, 2.05) is 32.0 Å². The maximum Gasteiger partial charge on any atom is 0.0709 e. The van der Waals surface area contributed by atoms with Crippen molar-refractivity contribution in [2.24, 2.45) is 0 Å². The quantitative estimate of drug-likeness (QED) is 0.806. The van der Waals surface area contributed by atoms with Gasteiger partial charge >= 0.3 is 0 Å². The zero-order valence-electron chi connectivity index (χ0n) is 8.55. The molecule has 0 aliphatic heterocycles. The lowest BCUT2D eigenvalue weighted by atomic mass is 10.2. The number of aliphatic hydroxyl groups excluding tert-OH is 1. The van der Waals surface area contributed by atoms with Gasteiger partial charge in [-0.25, -0.2) is 0 Å². The van der Waals surface area contributed by atoms with Gasteiger partial charge in [-0.05, 0) is 25.0 Å². The molecule has 0 spiro atoms. The van der Waals surface area contributed by atoms with Gasteiger partial charge in [0.25, 0.3) is 0 Å². The van der Waals surface area contributed by atoms with Crippen molar-refractivity contribution < 1.29 is 5.11 Å². The molecule has 1 aromatic rings. The highest BCUT2D eigenvalue weighted by Gasteiger charge is 2.05. The molecule has 0 bridgehead atoms. The summed E-state index contributed by atoms with van der Waals surface area (Å²) in [7, 11) is 0. The fraction of sp³-hybridized carbons (Fsp3) is 0.455. The lowest BCUT2D eigenvalue weighted by Crippen LogP contribution is -2.18. The maximum absolute atomic E-state index is 9.40. The van der Waals surface area contributed by atoms with Crippen LogP contribution in [0.1, 0.15) is 18.9 Å². The fourth-order valence-electron chi connectivity index (χ4n) is 1.22. The van der Waals surface area contributed by atoms with Crippen LogP contribution in [0.15, 0.2) is 18.2 Å². The molecular weight excluding hydrogens is 198 g/mol. The Hall–Kier alpha value is -0.730. The lowest BCUT2D eigenvalue weighted by molar-refractivity contribution is 0.183. The minimum absolute atomic E-state index is 0.314. The van der Waals surface area contributed by atoms with Crippen molar-refractivity contribution >= 4 is 17.3 Å². The number of aryl methyl sites for hydroxylation is 1. The molecule has 1 rings (SSSR count). The number of nitrogens with one attached hydrogen (secondary N) is 1. The van der Waals surface area contributed by atoms with Gasteiger partial charge in [0, 0.05) is 6.54 Å². The molecule has 3 heteroatoms. The molecule has 0 saturated heterocycles. The molecule has 0 aromatic heterocycles. The van der Waals surface area contributed by atoms with Crippen LogP contribution in [0.2, 0.25) is 5.02 Å². The van der Waals surface area contributed by atoms with Crippen molar-refractivity contribution in [1.82, 2.24) is 0 Å². The summed E-state index contributed by atoms with van der Waals surface area (Å²) < 4.78 is 0. The van der Waals surface area contributed by atoms with Crippen LogP contribution >= 0.6 is 11.6 Å². The second-order valence-corrected chi connectivity index (χ2v) is 3.78. The predicted octanol–water partition coefficient (Wildman–Crippen LogP) is 2.83. The minimum atomic E-state index is -0.314. The van der Waals surface area contributed by atoms with Crippen LogP contribution in [0.25, 0.3) is 0 Å². The van der Waals surface area contributed by atoms with Gasteiger partial charge < -0.3 is 10.4 Å². The number of anilines is 1. The number of para-hydroxylation sites is 1. The molecule has 78 valence electrons. The molecule has 14 heavy (non-hydrogen) atoms. The second-order valence-electron chi connectivity index (χ2n) is 3.37. The van der Waals surface area contributed by atoms with Crippen LogP contribution < -0.4 is 5.32 Å². The van der Waals surface area contributed by atoms with Gasteiger partial charge in [-0.1, -0.05) is 30.7 Å². The summed E-state index contributed by atoms with van der Waals surface area (Å²) in [5.74, 6) is 0. The van der Waals surface area contributed by atoms with Crippen molar-refractivity contribution in [3.8, 4) is 0 Å². The highest BCUT2D eigenvalue weighted by Crippen LogP contribution is 2.24. The molecule has 0 fully saturated rings. The van der Waals surface area contributed by atoms with Gasteiger partial charge in [-0.3, -0.25) is 0 Å². The van der Waals surface area contributed by atoms with Crippen molar-refractivity contribution in [2.75, 3.05) is 11.9 Å². The third kappa shape index (κ3) is 2.89. The highest BCUT2D eigenvalue weighted by molar-refractivity contribution is 6.33. The van der Waals surface area contributed by atoms with E-state index in [1.54, 1.807) is 0 Å². The van der Waals surface area contributed by atoms with Gasteiger partial charge in [0.1, 0.15) is 0 Å². The Morgan fingerprint density at radius 2 is 2.21 bits per heavy atom. The molecule has 0 aliphatic rings. The Bertz CT molecular complexity index is 281. The van der Waals surface area contributed by atoms with E-state index in [0.717, 1.165) is 17.7 Å². The summed E-state index contributed by atoms with van der Waals surface area (Å²) in [4.78, 5) is 0. The first-order chi connectivity index (χ1) is 6.65. The molecule has 2 N–H and O–H groups in total. The average Bonchev–Trinajstić information content (AvgIpc) is 2.16. The van der Waals surface area contributed by atoms with Crippen LogP contribution in [-0.4, -0.2) is 17.8 Å². The van der Waals surface area contributed by atoms with E-state index in [9.17, 15) is 5.11 Å². The number of hydrogen-bond donors (Lipinski definition) is 2. The van der Waals surface area contributed by atoms with Crippen LogP contribution in [0, 0.1) is 6.92 Å². The van der Waals surface area contributed by atoms with E-state index in [2.05, 4.69) is 5.32 Å². The molecule has 1 atom stereocenters. The molecule has 1 aromatic carbocycles. The summed E-state index contributed by atoms with van der Waals surface area (Å²) >= 11 is 6.01. The third-order valence-electron chi connectivity index (χ3n) is 2.21. The van der Waals surface area contributed by atoms with Crippen LogP contribution in [0.3, 0.4) is 0 Å². The van der Waals surface area contributed by atoms with Crippen molar-refractivity contribution in [3.05, 3.63) is 28.8 Å². The van der Waals surface area contributed by atoms with Gasteiger partial charge in [0.05, 0.1) is 16.8 Å². The minimum Gasteiger partial charge on any atom is -0.391 e. The van der Waals surface area contributed by atoms with E-state index in [1.165, 1.54) is 0 Å². The zero-order valence-corrected chi connectivity index (χ0v) is 9.30. The number of benzene rings is 1. The van der Waals surface area contributed by atoms with Crippen molar-refractivity contribution in [3.63, 3.8) is 0 Å². The number of halogens is 1. The lowest BCUT2D eigenvalue weighted by Gasteiger charge is -2.13. The summed E-state index contributed by atoms with van der Waals surface area (Å²) in [6.45, 7) is 4.49. The van der Waals surface area contributed by atoms with Crippen molar-refractivity contribution in [1.29, 1.82) is 0 Å². The molecule has 0 radical (unpaired) electrons. The Morgan fingerprint density at radius 3 is 2.79 bits per heavy atom. The van der Waals surface area contributed by atoms with E-state index < -0.39 is 0 Å². The first-order valence-corrected chi connectivity index (χ1v) is 5.20. The van der Waals surface area contributed by atoms with E-state index in [-0.39, 0.29) is 6.10 Å². The summed E-state index contributed by atoms with van der Waals surface area (Å²) in [6, 6.07) is 5.75. The van der Waals surface area contributed by atoms with Gasteiger partial charge in [0.15, 0.2) is 0 Å². The molecule has 0 amide bonds. The largest absolute Gasteiger partial charge is 0.391 e. The molecule has 0 saturated carbocycles. The first kappa shape index (κ1) is 11.3. The molecule has 0 unspecified atom stereocenters. The molecule has 0 heterocycles. The predicted molar refractivity (Wildman–Crippen MR) is 61.0 cm³/mol. The number of aliphatic hydroxyl groups is 1. The molecule has 0 aliphatic carbocycles. The Labute approximate surface area is 89.9 Å². The normalized spacial score (nSPS) is 12.6. The fourth-order valence-corrected chi connectivity index (χ4v) is 1.51. The van der Waals surface area contributed by atoms with Crippen LogP contribution in [0.4, 0.5) is 5.69 Å². The van der Waals surface area contributed by atoms with E-state index >= 15 is 0 Å². The van der Waals surface area contributed by atoms with Crippen LogP contribution in [-0.2, 0) is 0 Å². The maximum atomic E-state index is 9.40. The van der Waals surface area contributed by atoms with Gasteiger partial charge in [-0.2, -0.15) is 0 Å². The Balaban J connectivity index is 2.66. The monoisotopic (exact) mass is 213 g/mol. The van der Waals surface area contributed by atoms with Crippen LogP contribution in [0.5, 0.6) is 0 Å². The summed E-state index contributed by atoms with van der Waals surface area (Å²) in [5.41, 5.74) is 2.02. The highest BCUT2D eigenvalue weighted by atomic mass is 35.5. The second kappa shape index (κ2) is 5.23. The number of hydrogen-bond acceptors (Lipinski definition) is 2. The molecule has 2 nitrogen and oxygen atoms in total. The summed E-state index contributed by atoms with van der Waals surface area (Å²) in [6.07, 6.45) is 0.432. The number of rotatable bonds is 4.